The molecule has 3 heterocycles. The van der Waals surface area contributed by atoms with Crippen LogP contribution in [0.3, 0.4) is 0 Å². The van der Waals surface area contributed by atoms with Crippen molar-refractivity contribution in [3.63, 3.8) is 0 Å². The van der Waals surface area contributed by atoms with Crippen LogP contribution in [0.1, 0.15) is 0 Å². The van der Waals surface area contributed by atoms with E-state index in [1.54, 1.807) is 0 Å². The molecule has 0 aliphatic rings. The highest BCUT2D eigenvalue weighted by atomic mass is 15.0. The van der Waals surface area contributed by atoms with Gasteiger partial charge in [0.2, 0.25) is 0 Å². The first-order valence-corrected chi connectivity index (χ1v) is 18.3. The zero-order chi connectivity index (χ0) is 34.6. The third-order valence-corrected chi connectivity index (χ3v) is 11.4. The normalized spacial score (nSPS) is 12.2. The number of fused-ring (bicyclic) bond motifs is 6. The number of aromatic nitrogens is 3. The highest BCUT2D eigenvalue weighted by Crippen LogP contribution is 2.44. The van der Waals surface area contributed by atoms with Gasteiger partial charge in [0, 0.05) is 49.4 Å². The molecule has 3 nitrogen and oxygen atoms in total. The van der Waals surface area contributed by atoms with Crippen molar-refractivity contribution in [1.82, 2.24) is 13.7 Å². The molecule has 0 aliphatic heterocycles. The summed E-state index contributed by atoms with van der Waals surface area (Å²) in [5, 5.41) is 10.2. The van der Waals surface area contributed by atoms with E-state index in [2.05, 4.69) is 202 Å². The molecule has 0 aliphatic carbocycles. The van der Waals surface area contributed by atoms with Crippen LogP contribution in [0.25, 0.3) is 104 Å². The molecule has 3 heteroatoms. The van der Waals surface area contributed by atoms with Gasteiger partial charge in [0.15, 0.2) is 0 Å². The van der Waals surface area contributed by atoms with Crippen LogP contribution in [0.15, 0.2) is 188 Å². The molecule has 53 heavy (non-hydrogen) atoms. The molecule has 0 atom stereocenters. The lowest BCUT2D eigenvalue weighted by Crippen LogP contribution is -1.95. The summed E-state index contributed by atoms with van der Waals surface area (Å²) < 4.78 is 7.24. The standard InChI is InChI=1S/C50H31N3/c1-3-13-34(14-4-1)51-43-19-9-8-18-39(43)42-31-36(24-28-46(42)51)53-44-20-10-7-17-38(44)41-30-33(23-27-45(41)53)37-26-29-48-50-40(37)25-22-32-12-11-21-47(49(32)50)52(48)35-15-5-2-6-16-35/h1-31H. The number of nitrogens with zero attached hydrogens (tertiary/aromatic N) is 3. The van der Waals surface area contributed by atoms with Gasteiger partial charge in [0.1, 0.15) is 0 Å². The summed E-state index contributed by atoms with van der Waals surface area (Å²) in [4.78, 5) is 0. The van der Waals surface area contributed by atoms with E-state index in [0.717, 1.165) is 5.69 Å². The minimum absolute atomic E-state index is 1.16. The second kappa shape index (κ2) is 10.7. The highest BCUT2D eigenvalue weighted by molar-refractivity contribution is 6.27. The number of rotatable bonds is 4. The third-order valence-electron chi connectivity index (χ3n) is 11.4. The van der Waals surface area contributed by atoms with Crippen molar-refractivity contribution in [2.45, 2.75) is 0 Å². The van der Waals surface area contributed by atoms with Crippen molar-refractivity contribution >= 4 is 76.2 Å². The fraction of sp³-hybridized carbons (Fsp3) is 0. The predicted molar refractivity (Wildman–Crippen MR) is 224 cm³/mol. The molecule has 3 aromatic heterocycles. The summed E-state index contributed by atoms with van der Waals surface area (Å²) in [6, 6.07) is 68.9. The Morgan fingerprint density at radius 3 is 1.51 bits per heavy atom. The molecule has 0 unspecified atom stereocenters. The van der Waals surface area contributed by atoms with Crippen molar-refractivity contribution < 1.29 is 0 Å². The number of hydrogen-bond acceptors (Lipinski definition) is 0. The zero-order valence-electron chi connectivity index (χ0n) is 28.7. The van der Waals surface area contributed by atoms with E-state index >= 15 is 0 Å². The lowest BCUT2D eigenvalue weighted by Gasteiger charge is -2.12. The van der Waals surface area contributed by atoms with E-state index in [-0.39, 0.29) is 0 Å². The molecule has 0 fully saturated rings. The molecule has 246 valence electrons. The van der Waals surface area contributed by atoms with Gasteiger partial charge in [-0.15, -0.1) is 0 Å². The first-order valence-electron chi connectivity index (χ1n) is 18.3. The Labute approximate surface area is 305 Å². The van der Waals surface area contributed by atoms with Crippen LogP contribution in [0, 0.1) is 0 Å². The van der Waals surface area contributed by atoms with Crippen molar-refractivity contribution in [3.05, 3.63) is 188 Å². The summed E-state index contributed by atoms with van der Waals surface area (Å²) >= 11 is 0. The van der Waals surface area contributed by atoms with Gasteiger partial charge < -0.3 is 13.7 Å². The van der Waals surface area contributed by atoms with Crippen LogP contribution in [-0.4, -0.2) is 13.7 Å². The van der Waals surface area contributed by atoms with Gasteiger partial charge in [0.05, 0.1) is 33.1 Å². The molecule has 0 bridgehead atoms. The average molecular weight is 674 g/mol. The molecule has 0 saturated heterocycles. The van der Waals surface area contributed by atoms with Gasteiger partial charge >= 0.3 is 0 Å². The Hall–Kier alpha value is -7.10. The molecular formula is C50H31N3. The van der Waals surface area contributed by atoms with Crippen molar-refractivity contribution in [2.24, 2.45) is 0 Å². The fourth-order valence-corrected chi connectivity index (χ4v) is 9.17. The maximum atomic E-state index is 2.44. The van der Waals surface area contributed by atoms with E-state index in [9.17, 15) is 0 Å². The summed E-state index contributed by atoms with van der Waals surface area (Å²) in [6.07, 6.45) is 0. The van der Waals surface area contributed by atoms with Crippen molar-refractivity contribution in [1.29, 1.82) is 0 Å². The fourth-order valence-electron chi connectivity index (χ4n) is 9.17. The zero-order valence-corrected chi connectivity index (χ0v) is 28.7. The van der Waals surface area contributed by atoms with Gasteiger partial charge in [-0.25, -0.2) is 0 Å². The lowest BCUT2D eigenvalue weighted by molar-refractivity contribution is 1.17. The van der Waals surface area contributed by atoms with Gasteiger partial charge in [0.25, 0.3) is 0 Å². The first kappa shape index (κ1) is 28.6. The third kappa shape index (κ3) is 3.94. The van der Waals surface area contributed by atoms with Gasteiger partial charge in [-0.1, -0.05) is 109 Å². The molecule has 0 saturated carbocycles. The van der Waals surface area contributed by atoms with E-state index in [1.165, 1.54) is 98.7 Å². The quantitative estimate of drug-likeness (QED) is 0.165. The van der Waals surface area contributed by atoms with Gasteiger partial charge in [-0.05, 0) is 101 Å². The summed E-state index contributed by atoms with van der Waals surface area (Å²) in [6.45, 7) is 0. The van der Waals surface area contributed by atoms with Crippen LogP contribution in [0.5, 0.6) is 0 Å². The second-order valence-electron chi connectivity index (χ2n) is 14.1. The Kier molecular flexibility index (Phi) is 5.77. The molecule has 0 spiro atoms. The summed E-state index contributed by atoms with van der Waals surface area (Å²) in [5.41, 5.74) is 13.3. The Balaban J connectivity index is 1.08. The predicted octanol–water partition coefficient (Wildman–Crippen LogP) is 13.2. The van der Waals surface area contributed by atoms with Crippen LogP contribution < -0.4 is 0 Å². The smallest absolute Gasteiger partial charge is 0.0547 e. The molecule has 0 N–H and O–H groups in total. The molecule has 0 amide bonds. The van der Waals surface area contributed by atoms with Crippen molar-refractivity contribution in [3.8, 4) is 28.2 Å². The summed E-state index contributed by atoms with van der Waals surface area (Å²) in [7, 11) is 0. The van der Waals surface area contributed by atoms with E-state index in [4.69, 9.17) is 0 Å². The largest absolute Gasteiger partial charge is 0.309 e. The second-order valence-corrected chi connectivity index (χ2v) is 14.1. The Morgan fingerprint density at radius 2 is 0.792 bits per heavy atom. The SMILES string of the molecule is c1ccc(-n2c3ccccc3c3cc(-n4c5ccccc5c5cc(-c6ccc7c8c6ccc6cccc(c68)n7-c6ccccc6)ccc54)ccc32)cc1. The monoisotopic (exact) mass is 673 g/mol. The molecule has 9 aromatic carbocycles. The van der Waals surface area contributed by atoms with Crippen LogP contribution in [0.2, 0.25) is 0 Å². The summed E-state index contributed by atoms with van der Waals surface area (Å²) in [5.74, 6) is 0. The maximum Gasteiger partial charge on any atom is 0.0547 e. The Morgan fingerprint density at radius 1 is 0.264 bits per heavy atom. The van der Waals surface area contributed by atoms with Gasteiger partial charge in [-0.2, -0.15) is 0 Å². The molecule has 12 aromatic rings. The number of benzene rings is 9. The first-order chi connectivity index (χ1) is 26.3. The van der Waals surface area contributed by atoms with Crippen LogP contribution in [-0.2, 0) is 0 Å². The molecular weight excluding hydrogens is 643 g/mol. The molecule has 0 radical (unpaired) electrons. The van der Waals surface area contributed by atoms with Crippen LogP contribution in [0.4, 0.5) is 0 Å². The lowest BCUT2D eigenvalue weighted by atomic mass is 9.94. The Bertz CT molecular complexity index is 3380. The number of para-hydroxylation sites is 4. The maximum absolute atomic E-state index is 2.44. The van der Waals surface area contributed by atoms with Gasteiger partial charge in [-0.3, -0.25) is 0 Å². The minimum atomic E-state index is 1.16. The van der Waals surface area contributed by atoms with Crippen LogP contribution >= 0.6 is 0 Å². The van der Waals surface area contributed by atoms with E-state index in [0.29, 0.717) is 0 Å². The van der Waals surface area contributed by atoms with E-state index < -0.39 is 0 Å². The minimum Gasteiger partial charge on any atom is -0.309 e. The highest BCUT2D eigenvalue weighted by Gasteiger charge is 2.20. The topological polar surface area (TPSA) is 14.8 Å². The number of hydrogen-bond donors (Lipinski definition) is 0. The van der Waals surface area contributed by atoms with E-state index in [1.807, 2.05) is 0 Å². The average Bonchev–Trinajstić information content (AvgIpc) is 3.86. The van der Waals surface area contributed by atoms with Crippen molar-refractivity contribution in [2.75, 3.05) is 0 Å². The molecule has 12 rings (SSSR count).